The molecule has 1 amide bonds. The number of rotatable bonds is 5. The number of nitrogens with two attached hydrogens (primary N) is 1. The van der Waals surface area contributed by atoms with Crippen LogP contribution in [-0.4, -0.2) is 23.0 Å². The molecule has 114 valence electrons. The van der Waals surface area contributed by atoms with Crippen LogP contribution in [0.15, 0.2) is 24.3 Å². The first-order chi connectivity index (χ1) is 10.1. The maximum absolute atomic E-state index is 12.1. The van der Waals surface area contributed by atoms with Gasteiger partial charge in [-0.1, -0.05) is 43.6 Å². The Bertz CT molecular complexity index is 513. The zero-order chi connectivity index (χ0) is 15.2. The first-order valence-corrected chi connectivity index (χ1v) is 7.84. The maximum Gasteiger partial charge on any atom is 0.260 e. The van der Waals surface area contributed by atoms with Crippen molar-refractivity contribution in [2.45, 2.75) is 51.2 Å². The summed E-state index contributed by atoms with van der Waals surface area (Å²) in [6.07, 6.45) is 5.25. The molecule has 1 aromatic carbocycles. The van der Waals surface area contributed by atoms with Crippen molar-refractivity contribution in [3.63, 3.8) is 0 Å². The average molecular weight is 306 g/mol. The van der Waals surface area contributed by atoms with E-state index in [1.807, 2.05) is 12.1 Å². The Labute approximate surface area is 131 Å². The Kier molecular flexibility index (Phi) is 5.56. The fourth-order valence-corrected chi connectivity index (χ4v) is 2.67. The molecule has 4 nitrogen and oxygen atoms in total. The van der Waals surface area contributed by atoms with E-state index in [1.54, 1.807) is 19.1 Å². The van der Waals surface area contributed by atoms with Crippen LogP contribution in [0.4, 0.5) is 0 Å². The lowest BCUT2D eigenvalue weighted by atomic mass is 9.95. The minimum Gasteiger partial charge on any atom is -0.481 e. The number of nitrogens with one attached hydrogen (secondary N) is 1. The van der Waals surface area contributed by atoms with Gasteiger partial charge in [-0.15, -0.1) is 0 Å². The summed E-state index contributed by atoms with van der Waals surface area (Å²) >= 11 is 4.94. The Hall–Kier alpha value is -1.62. The van der Waals surface area contributed by atoms with Gasteiger partial charge in [0.25, 0.3) is 5.91 Å². The number of benzene rings is 1. The summed E-state index contributed by atoms with van der Waals surface area (Å²) in [5.74, 6) is 0.536. The van der Waals surface area contributed by atoms with Crippen LogP contribution in [0.5, 0.6) is 5.75 Å². The Morgan fingerprint density at radius 1 is 1.38 bits per heavy atom. The lowest BCUT2D eigenvalue weighted by Crippen LogP contribution is -2.43. The molecule has 2 rings (SSSR count). The van der Waals surface area contributed by atoms with Gasteiger partial charge in [-0.05, 0) is 31.9 Å². The highest BCUT2D eigenvalue weighted by Gasteiger charge is 2.20. The van der Waals surface area contributed by atoms with Gasteiger partial charge in [-0.2, -0.15) is 0 Å². The number of carbonyl (C=O) groups is 1. The van der Waals surface area contributed by atoms with E-state index in [0.29, 0.717) is 16.8 Å². The van der Waals surface area contributed by atoms with Gasteiger partial charge in [0.05, 0.1) is 0 Å². The average Bonchev–Trinajstić information content (AvgIpc) is 2.48. The van der Waals surface area contributed by atoms with Crippen molar-refractivity contribution in [2.24, 2.45) is 5.73 Å². The standard InChI is InChI=1S/C16H22N2O2S/c1-11(16(19)18-13-7-3-2-4-8-13)20-14-9-5-6-12(10-14)15(17)21/h5-6,9-11,13H,2-4,7-8H2,1H3,(H2,17,21)(H,18,19). The minimum absolute atomic E-state index is 0.0670. The molecule has 1 fully saturated rings. The molecule has 1 unspecified atom stereocenters. The van der Waals surface area contributed by atoms with Gasteiger partial charge in [0.1, 0.15) is 10.7 Å². The molecule has 21 heavy (non-hydrogen) atoms. The van der Waals surface area contributed by atoms with Gasteiger partial charge in [0, 0.05) is 11.6 Å². The van der Waals surface area contributed by atoms with Crippen LogP contribution in [0.3, 0.4) is 0 Å². The number of amides is 1. The number of hydrogen-bond acceptors (Lipinski definition) is 3. The van der Waals surface area contributed by atoms with Gasteiger partial charge in [0.2, 0.25) is 0 Å². The van der Waals surface area contributed by atoms with Crippen molar-refractivity contribution in [1.82, 2.24) is 5.32 Å². The third-order valence-corrected chi connectivity index (χ3v) is 3.99. The van der Waals surface area contributed by atoms with Gasteiger partial charge in [-0.3, -0.25) is 4.79 Å². The molecule has 0 saturated heterocycles. The predicted octanol–water partition coefficient (Wildman–Crippen LogP) is 2.54. The first kappa shape index (κ1) is 15.8. The maximum atomic E-state index is 12.1. The third kappa shape index (κ3) is 4.70. The van der Waals surface area contributed by atoms with Gasteiger partial charge in [0.15, 0.2) is 6.10 Å². The molecule has 0 aromatic heterocycles. The highest BCUT2D eigenvalue weighted by atomic mass is 32.1. The molecule has 1 saturated carbocycles. The topological polar surface area (TPSA) is 64.3 Å². The second-order valence-electron chi connectivity index (χ2n) is 5.50. The number of ether oxygens (including phenoxy) is 1. The second kappa shape index (κ2) is 7.41. The Balaban J connectivity index is 1.90. The highest BCUT2D eigenvalue weighted by molar-refractivity contribution is 7.80. The summed E-state index contributed by atoms with van der Waals surface area (Å²) in [7, 11) is 0. The third-order valence-electron chi connectivity index (χ3n) is 3.75. The van der Waals surface area contributed by atoms with Crippen molar-refractivity contribution >= 4 is 23.1 Å². The van der Waals surface area contributed by atoms with Crippen LogP contribution in [0.25, 0.3) is 0 Å². The van der Waals surface area contributed by atoms with Crippen molar-refractivity contribution in [2.75, 3.05) is 0 Å². The molecule has 0 spiro atoms. The summed E-state index contributed by atoms with van der Waals surface area (Å²) in [6, 6.07) is 7.48. The summed E-state index contributed by atoms with van der Waals surface area (Å²) in [6.45, 7) is 1.76. The molecule has 1 aliphatic rings. The van der Waals surface area contributed by atoms with E-state index in [4.69, 9.17) is 22.7 Å². The fourth-order valence-electron chi connectivity index (χ4n) is 2.55. The molecule has 0 aliphatic heterocycles. The van der Waals surface area contributed by atoms with Crippen LogP contribution < -0.4 is 15.8 Å². The smallest absolute Gasteiger partial charge is 0.260 e. The molecule has 0 radical (unpaired) electrons. The number of thiocarbonyl (C=S) groups is 1. The number of carbonyl (C=O) groups excluding carboxylic acids is 1. The second-order valence-corrected chi connectivity index (χ2v) is 5.94. The zero-order valence-corrected chi connectivity index (χ0v) is 13.1. The van der Waals surface area contributed by atoms with Crippen molar-refractivity contribution in [1.29, 1.82) is 0 Å². The van der Waals surface area contributed by atoms with E-state index in [2.05, 4.69) is 5.32 Å². The van der Waals surface area contributed by atoms with Crippen LogP contribution in [0, 0.1) is 0 Å². The lowest BCUT2D eigenvalue weighted by Gasteiger charge is -2.24. The highest BCUT2D eigenvalue weighted by Crippen LogP contribution is 2.18. The normalized spacial score (nSPS) is 17.0. The molecule has 1 atom stereocenters. The predicted molar refractivity (Wildman–Crippen MR) is 87.4 cm³/mol. The van der Waals surface area contributed by atoms with E-state index in [-0.39, 0.29) is 5.91 Å². The molecular formula is C16H22N2O2S. The SMILES string of the molecule is CC(Oc1cccc(C(N)=S)c1)C(=O)NC1CCCCC1. The summed E-state index contributed by atoms with van der Waals surface area (Å²) in [5, 5.41) is 3.06. The summed E-state index contributed by atoms with van der Waals surface area (Å²) in [4.78, 5) is 12.5. The van der Waals surface area contributed by atoms with E-state index in [0.717, 1.165) is 18.4 Å². The van der Waals surface area contributed by atoms with Crippen molar-refractivity contribution < 1.29 is 9.53 Å². The van der Waals surface area contributed by atoms with Crippen molar-refractivity contribution in [3.05, 3.63) is 29.8 Å². The van der Waals surface area contributed by atoms with E-state index in [1.165, 1.54) is 19.3 Å². The first-order valence-electron chi connectivity index (χ1n) is 7.43. The van der Waals surface area contributed by atoms with E-state index >= 15 is 0 Å². The van der Waals surface area contributed by atoms with Crippen LogP contribution in [0.2, 0.25) is 0 Å². The Morgan fingerprint density at radius 2 is 2.10 bits per heavy atom. The lowest BCUT2D eigenvalue weighted by molar-refractivity contribution is -0.128. The largest absolute Gasteiger partial charge is 0.481 e. The zero-order valence-electron chi connectivity index (χ0n) is 12.3. The van der Waals surface area contributed by atoms with E-state index < -0.39 is 6.10 Å². The number of hydrogen-bond donors (Lipinski definition) is 2. The minimum atomic E-state index is -0.534. The van der Waals surface area contributed by atoms with Crippen LogP contribution in [0.1, 0.15) is 44.6 Å². The van der Waals surface area contributed by atoms with Gasteiger partial charge < -0.3 is 15.8 Å². The molecule has 1 aromatic rings. The molecule has 5 heteroatoms. The van der Waals surface area contributed by atoms with Crippen LogP contribution in [-0.2, 0) is 4.79 Å². The summed E-state index contributed by atoms with van der Waals surface area (Å²) < 4.78 is 5.68. The molecule has 0 heterocycles. The quantitative estimate of drug-likeness (QED) is 0.821. The monoisotopic (exact) mass is 306 g/mol. The van der Waals surface area contributed by atoms with Gasteiger partial charge in [-0.25, -0.2) is 0 Å². The molecule has 0 bridgehead atoms. The fraction of sp³-hybridized carbons (Fsp3) is 0.500. The van der Waals surface area contributed by atoms with E-state index in [9.17, 15) is 4.79 Å². The summed E-state index contributed by atoms with van der Waals surface area (Å²) in [5.41, 5.74) is 6.33. The van der Waals surface area contributed by atoms with Crippen molar-refractivity contribution in [3.8, 4) is 5.75 Å². The molecule has 3 N–H and O–H groups in total. The molecular weight excluding hydrogens is 284 g/mol. The molecule has 1 aliphatic carbocycles. The van der Waals surface area contributed by atoms with Gasteiger partial charge >= 0.3 is 0 Å². The Morgan fingerprint density at radius 3 is 2.76 bits per heavy atom. The van der Waals surface area contributed by atoms with Crippen LogP contribution >= 0.6 is 12.2 Å².